The first kappa shape index (κ1) is 42.7. The average molecular weight is 671 g/mol. The van der Waals surface area contributed by atoms with Crippen LogP contribution in [0.2, 0.25) is 0 Å². The molecule has 0 aromatic heterocycles. The van der Waals surface area contributed by atoms with Gasteiger partial charge in [0, 0.05) is 11.1 Å². The standard InChI is InChI=1S/C38H70N8O2/c1-3-5-7-9-11-13-15-17-19-21-23-25-29-47-35-33(31-43-45-37(39)40)27-28-34(32-44-46-38(41)42)36(35)48-30-26-24-22-20-18-16-14-12-10-8-6-4-2/h27-28,31-32H,3-26,29-30H2,1-2H3,(H4,39,40,45)(H4,41,42,46)/b43-31+,44-32+. The molecule has 0 aliphatic carbocycles. The molecule has 0 amide bonds. The van der Waals surface area contributed by atoms with E-state index in [1.165, 1.54) is 128 Å². The summed E-state index contributed by atoms with van der Waals surface area (Å²) in [6.07, 6.45) is 34.0. The van der Waals surface area contributed by atoms with Gasteiger partial charge in [0.05, 0.1) is 25.6 Å². The molecule has 0 aliphatic rings. The predicted octanol–water partition coefficient (Wildman–Crippen LogP) is 9.06. The molecule has 0 unspecified atom stereocenters. The number of unbranched alkanes of at least 4 members (excludes halogenated alkanes) is 22. The van der Waals surface area contributed by atoms with Crippen molar-refractivity contribution in [2.45, 2.75) is 168 Å². The molecule has 8 N–H and O–H groups in total. The van der Waals surface area contributed by atoms with E-state index >= 15 is 0 Å². The lowest BCUT2D eigenvalue weighted by Crippen LogP contribution is -2.21. The van der Waals surface area contributed by atoms with Crippen molar-refractivity contribution in [2.24, 2.45) is 43.3 Å². The average Bonchev–Trinajstić information content (AvgIpc) is 3.06. The van der Waals surface area contributed by atoms with Gasteiger partial charge in [-0.25, -0.2) is 0 Å². The summed E-state index contributed by atoms with van der Waals surface area (Å²) in [6, 6.07) is 3.74. The van der Waals surface area contributed by atoms with Crippen molar-refractivity contribution in [1.82, 2.24) is 0 Å². The minimum absolute atomic E-state index is 0.116. The molecule has 10 nitrogen and oxygen atoms in total. The fourth-order valence-electron chi connectivity index (χ4n) is 5.64. The van der Waals surface area contributed by atoms with Gasteiger partial charge in [-0.05, 0) is 25.0 Å². The molecule has 0 aliphatic heterocycles. The Kier molecular flexibility index (Phi) is 27.6. The van der Waals surface area contributed by atoms with Crippen LogP contribution < -0.4 is 32.4 Å². The zero-order valence-electron chi connectivity index (χ0n) is 30.6. The number of hydrogen-bond donors (Lipinski definition) is 4. The Morgan fingerprint density at radius 1 is 0.458 bits per heavy atom. The largest absolute Gasteiger partial charge is 0.489 e. The van der Waals surface area contributed by atoms with Gasteiger partial charge in [0.2, 0.25) is 11.9 Å². The predicted molar refractivity (Wildman–Crippen MR) is 206 cm³/mol. The van der Waals surface area contributed by atoms with Crippen LogP contribution in [0.4, 0.5) is 0 Å². The molecule has 0 heterocycles. The number of guanidine groups is 2. The number of nitrogens with two attached hydrogens (primary N) is 4. The Bertz CT molecular complexity index is 953. The second kappa shape index (κ2) is 31.0. The highest BCUT2D eigenvalue weighted by Gasteiger charge is 2.16. The van der Waals surface area contributed by atoms with E-state index in [1.807, 2.05) is 12.1 Å². The van der Waals surface area contributed by atoms with Crippen molar-refractivity contribution in [3.8, 4) is 11.5 Å². The maximum atomic E-state index is 6.38. The Labute approximate surface area is 292 Å². The molecule has 1 aromatic carbocycles. The lowest BCUT2D eigenvalue weighted by Gasteiger charge is -2.17. The minimum Gasteiger partial charge on any atom is -0.489 e. The van der Waals surface area contributed by atoms with Crippen molar-refractivity contribution >= 4 is 24.3 Å². The second-order valence-corrected chi connectivity index (χ2v) is 12.9. The highest BCUT2D eigenvalue weighted by molar-refractivity contribution is 5.92. The van der Waals surface area contributed by atoms with Gasteiger partial charge in [0.1, 0.15) is 0 Å². The van der Waals surface area contributed by atoms with Gasteiger partial charge in [0.15, 0.2) is 11.5 Å². The van der Waals surface area contributed by atoms with Gasteiger partial charge in [-0.1, -0.05) is 155 Å². The maximum Gasteiger partial charge on any atom is 0.211 e. The lowest BCUT2D eigenvalue weighted by atomic mass is 10.1. The van der Waals surface area contributed by atoms with Crippen LogP contribution in [0.25, 0.3) is 0 Å². The highest BCUT2D eigenvalue weighted by Crippen LogP contribution is 2.35. The molecule has 1 aromatic rings. The minimum atomic E-state index is -0.116. The monoisotopic (exact) mass is 671 g/mol. The van der Waals surface area contributed by atoms with Crippen molar-refractivity contribution in [2.75, 3.05) is 13.2 Å². The molecule has 0 atom stereocenters. The van der Waals surface area contributed by atoms with Crippen LogP contribution in [-0.2, 0) is 0 Å². The zero-order valence-corrected chi connectivity index (χ0v) is 30.6. The molecule has 0 spiro atoms. The van der Waals surface area contributed by atoms with Crippen LogP contribution in [0.3, 0.4) is 0 Å². The number of benzene rings is 1. The van der Waals surface area contributed by atoms with Gasteiger partial charge in [-0.3, -0.25) is 0 Å². The van der Waals surface area contributed by atoms with E-state index in [0.717, 1.165) is 25.7 Å². The molecular weight excluding hydrogens is 600 g/mol. The Hall–Kier alpha value is -3.30. The highest BCUT2D eigenvalue weighted by atomic mass is 16.5. The van der Waals surface area contributed by atoms with Crippen molar-refractivity contribution < 1.29 is 9.47 Å². The number of nitrogens with zero attached hydrogens (tertiary/aromatic N) is 4. The maximum absolute atomic E-state index is 6.38. The van der Waals surface area contributed by atoms with Gasteiger partial charge < -0.3 is 32.4 Å². The van der Waals surface area contributed by atoms with E-state index in [-0.39, 0.29) is 11.9 Å². The number of hydrogen-bond acceptors (Lipinski definition) is 6. The molecular formula is C38H70N8O2. The van der Waals surface area contributed by atoms with E-state index < -0.39 is 0 Å². The molecule has 274 valence electrons. The molecule has 0 fully saturated rings. The van der Waals surface area contributed by atoms with E-state index in [0.29, 0.717) is 35.8 Å². The second-order valence-electron chi connectivity index (χ2n) is 12.9. The van der Waals surface area contributed by atoms with Crippen molar-refractivity contribution in [3.05, 3.63) is 23.3 Å². The molecule has 10 heteroatoms. The third kappa shape index (κ3) is 23.9. The normalized spacial score (nSPS) is 11.4. The first-order valence-electron chi connectivity index (χ1n) is 19.2. The summed E-state index contributed by atoms with van der Waals surface area (Å²) in [5.41, 5.74) is 23.4. The van der Waals surface area contributed by atoms with Crippen LogP contribution in [0, 0.1) is 0 Å². The van der Waals surface area contributed by atoms with E-state index in [9.17, 15) is 0 Å². The van der Waals surface area contributed by atoms with Crippen LogP contribution in [-0.4, -0.2) is 37.6 Å². The molecule has 0 radical (unpaired) electrons. The fourth-order valence-corrected chi connectivity index (χ4v) is 5.64. The number of rotatable bonds is 32. The summed E-state index contributed by atoms with van der Waals surface area (Å²) in [6.45, 7) is 5.66. The summed E-state index contributed by atoms with van der Waals surface area (Å²) in [5.74, 6) is 0.935. The third-order valence-corrected chi connectivity index (χ3v) is 8.40. The van der Waals surface area contributed by atoms with Crippen molar-refractivity contribution in [1.29, 1.82) is 0 Å². The van der Waals surface area contributed by atoms with E-state index in [1.54, 1.807) is 12.4 Å². The first-order chi connectivity index (χ1) is 23.5. The van der Waals surface area contributed by atoms with Crippen LogP contribution >= 0.6 is 0 Å². The quantitative estimate of drug-likeness (QED) is 0.0258. The molecule has 1 rings (SSSR count). The smallest absolute Gasteiger partial charge is 0.211 e. The van der Waals surface area contributed by atoms with Gasteiger partial charge in [0.25, 0.3) is 0 Å². The summed E-state index contributed by atoms with van der Waals surface area (Å²) >= 11 is 0. The van der Waals surface area contributed by atoms with Crippen molar-refractivity contribution in [3.63, 3.8) is 0 Å². The summed E-state index contributed by atoms with van der Waals surface area (Å²) in [4.78, 5) is 0. The summed E-state index contributed by atoms with van der Waals surface area (Å²) in [5, 5.41) is 15.6. The van der Waals surface area contributed by atoms with Crippen LogP contribution in [0.15, 0.2) is 32.5 Å². The summed E-state index contributed by atoms with van der Waals surface area (Å²) in [7, 11) is 0. The third-order valence-electron chi connectivity index (χ3n) is 8.40. The first-order valence-corrected chi connectivity index (χ1v) is 19.2. The molecule has 0 saturated carbocycles. The summed E-state index contributed by atoms with van der Waals surface area (Å²) < 4.78 is 12.8. The molecule has 0 bridgehead atoms. The van der Waals surface area contributed by atoms with E-state index in [2.05, 4.69) is 34.3 Å². The van der Waals surface area contributed by atoms with Gasteiger partial charge in [-0.15, -0.1) is 10.2 Å². The number of ether oxygens (including phenoxy) is 2. The molecule has 48 heavy (non-hydrogen) atoms. The Morgan fingerprint density at radius 2 is 0.729 bits per heavy atom. The lowest BCUT2D eigenvalue weighted by molar-refractivity contribution is 0.258. The SMILES string of the molecule is CCCCCCCCCCCCCCOc1c(/C=N/N=C(N)N)ccc(/C=N/N=C(N)N)c1OCCCCCCCCCCCCCC. The Balaban J connectivity index is 2.72. The van der Waals surface area contributed by atoms with Crippen LogP contribution in [0.5, 0.6) is 11.5 Å². The Morgan fingerprint density at radius 3 is 1.00 bits per heavy atom. The zero-order chi connectivity index (χ0) is 34.9. The fraction of sp³-hybridized carbons (Fsp3) is 0.737. The van der Waals surface area contributed by atoms with Gasteiger partial charge in [-0.2, -0.15) is 10.2 Å². The van der Waals surface area contributed by atoms with Gasteiger partial charge >= 0.3 is 0 Å². The topological polar surface area (TPSA) is 172 Å². The van der Waals surface area contributed by atoms with Crippen LogP contribution in [0.1, 0.15) is 179 Å². The molecule has 0 saturated heterocycles. The van der Waals surface area contributed by atoms with E-state index in [4.69, 9.17) is 32.4 Å².